The molecule has 1 atom stereocenters. The Hall–Kier alpha value is -0.420. The van der Waals surface area contributed by atoms with Gasteiger partial charge in [-0.1, -0.05) is 0 Å². The monoisotopic (exact) mass is 208 g/mol. The molecule has 0 bridgehead atoms. The minimum absolute atomic E-state index is 0.226. The van der Waals surface area contributed by atoms with E-state index >= 15 is 0 Å². The number of rotatable bonds is 7. The molecule has 0 aliphatic heterocycles. The SMILES string of the molecule is CCOC(=O)CCS(=O)CCOC. The van der Waals surface area contributed by atoms with Gasteiger partial charge in [0.1, 0.15) is 0 Å². The van der Waals surface area contributed by atoms with Crippen molar-refractivity contribution in [3.63, 3.8) is 0 Å². The summed E-state index contributed by atoms with van der Waals surface area (Å²) >= 11 is 0. The van der Waals surface area contributed by atoms with Crippen molar-refractivity contribution >= 4 is 16.8 Å². The van der Waals surface area contributed by atoms with E-state index < -0.39 is 10.8 Å². The van der Waals surface area contributed by atoms with Crippen molar-refractivity contribution in [1.82, 2.24) is 0 Å². The third-order valence-electron chi connectivity index (χ3n) is 1.35. The van der Waals surface area contributed by atoms with Crippen LogP contribution in [0.2, 0.25) is 0 Å². The largest absolute Gasteiger partial charge is 0.466 e. The lowest BCUT2D eigenvalue weighted by molar-refractivity contribution is -0.142. The number of methoxy groups -OCH3 is 1. The molecule has 0 spiro atoms. The van der Waals surface area contributed by atoms with E-state index in [0.717, 1.165) is 0 Å². The molecule has 0 aliphatic rings. The van der Waals surface area contributed by atoms with Crippen LogP contribution in [0, 0.1) is 0 Å². The van der Waals surface area contributed by atoms with Gasteiger partial charge in [-0.05, 0) is 6.92 Å². The lowest BCUT2D eigenvalue weighted by Crippen LogP contribution is -2.13. The van der Waals surface area contributed by atoms with Gasteiger partial charge in [-0.2, -0.15) is 0 Å². The maximum absolute atomic E-state index is 11.1. The smallest absolute Gasteiger partial charge is 0.306 e. The minimum atomic E-state index is -0.970. The van der Waals surface area contributed by atoms with Crippen LogP contribution in [0.5, 0.6) is 0 Å². The zero-order valence-corrected chi connectivity index (χ0v) is 8.89. The van der Waals surface area contributed by atoms with Crippen LogP contribution in [0.1, 0.15) is 13.3 Å². The minimum Gasteiger partial charge on any atom is -0.466 e. The van der Waals surface area contributed by atoms with Crippen molar-refractivity contribution in [3.05, 3.63) is 0 Å². The number of carbonyl (C=O) groups excluding carboxylic acids is 1. The maximum atomic E-state index is 11.1. The van der Waals surface area contributed by atoms with Crippen LogP contribution in [0.25, 0.3) is 0 Å². The van der Waals surface area contributed by atoms with Crippen molar-refractivity contribution in [2.75, 3.05) is 31.8 Å². The highest BCUT2D eigenvalue weighted by Crippen LogP contribution is 1.91. The summed E-state index contributed by atoms with van der Waals surface area (Å²) in [6, 6.07) is 0. The predicted molar refractivity (Wildman–Crippen MR) is 51.0 cm³/mol. The molecule has 0 aromatic carbocycles. The van der Waals surface area contributed by atoms with Crippen molar-refractivity contribution in [2.45, 2.75) is 13.3 Å². The molecule has 0 aromatic rings. The van der Waals surface area contributed by atoms with Crippen LogP contribution in [0.15, 0.2) is 0 Å². The summed E-state index contributed by atoms with van der Waals surface area (Å²) in [5.41, 5.74) is 0. The van der Waals surface area contributed by atoms with Crippen LogP contribution in [-0.4, -0.2) is 42.0 Å². The molecule has 0 N–H and O–H groups in total. The summed E-state index contributed by atoms with van der Waals surface area (Å²) in [5.74, 6) is 0.561. The van der Waals surface area contributed by atoms with E-state index in [4.69, 9.17) is 9.47 Å². The zero-order chi connectivity index (χ0) is 10.1. The van der Waals surface area contributed by atoms with Crippen LogP contribution in [0.3, 0.4) is 0 Å². The lowest BCUT2D eigenvalue weighted by atomic mass is 10.5. The van der Waals surface area contributed by atoms with E-state index in [9.17, 15) is 9.00 Å². The Morgan fingerprint density at radius 2 is 2.08 bits per heavy atom. The van der Waals surface area contributed by atoms with Gasteiger partial charge in [0.25, 0.3) is 0 Å². The molecule has 4 nitrogen and oxygen atoms in total. The molecule has 0 radical (unpaired) electrons. The van der Waals surface area contributed by atoms with Gasteiger partial charge in [0.2, 0.25) is 0 Å². The lowest BCUT2D eigenvalue weighted by Gasteiger charge is -2.01. The Morgan fingerprint density at radius 1 is 1.38 bits per heavy atom. The highest BCUT2D eigenvalue weighted by molar-refractivity contribution is 7.85. The zero-order valence-electron chi connectivity index (χ0n) is 8.08. The molecule has 0 aromatic heterocycles. The Labute approximate surface area is 81.1 Å². The molecule has 0 saturated carbocycles. The number of hydrogen-bond acceptors (Lipinski definition) is 4. The first-order valence-corrected chi connectivity index (χ1v) is 5.69. The second kappa shape index (κ2) is 8.19. The van der Waals surface area contributed by atoms with E-state index in [-0.39, 0.29) is 12.4 Å². The van der Waals surface area contributed by atoms with Crippen LogP contribution in [-0.2, 0) is 25.1 Å². The van der Waals surface area contributed by atoms with Crippen molar-refractivity contribution in [1.29, 1.82) is 0 Å². The average molecular weight is 208 g/mol. The summed E-state index contributed by atoms with van der Waals surface area (Å²) in [6.07, 6.45) is 0.226. The molecule has 0 heterocycles. The summed E-state index contributed by atoms with van der Waals surface area (Å²) in [6.45, 7) is 2.60. The first kappa shape index (κ1) is 12.6. The third kappa shape index (κ3) is 7.93. The summed E-state index contributed by atoms with van der Waals surface area (Å²) < 4.78 is 20.6. The number of ether oxygens (including phenoxy) is 2. The number of esters is 1. The van der Waals surface area contributed by atoms with E-state index in [0.29, 0.717) is 24.7 Å². The maximum Gasteiger partial charge on any atom is 0.306 e. The second-order valence-electron chi connectivity index (χ2n) is 2.40. The summed E-state index contributed by atoms with van der Waals surface area (Å²) in [5, 5.41) is 0. The number of carbonyl (C=O) groups is 1. The second-order valence-corrected chi connectivity index (χ2v) is 4.09. The van der Waals surface area contributed by atoms with Gasteiger partial charge in [-0.3, -0.25) is 9.00 Å². The van der Waals surface area contributed by atoms with E-state index in [1.54, 1.807) is 14.0 Å². The van der Waals surface area contributed by atoms with Crippen LogP contribution < -0.4 is 0 Å². The quantitative estimate of drug-likeness (QED) is 0.566. The Balaban J connectivity index is 3.40. The first-order chi connectivity index (χ1) is 6.20. The van der Waals surface area contributed by atoms with Crippen LogP contribution in [0.4, 0.5) is 0 Å². The van der Waals surface area contributed by atoms with E-state index in [1.165, 1.54) is 0 Å². The molecule has 1 unspecified atom stereocenters. The van der Waals surface area contributed by atoms with E-state index in [1.807, 2.05) is 0 Å². The van der Waals surface area contributed by atoms with Crippen molar-refractivity contribution in [3.8, 4) is 0 Å². The normalized spacial score (nSPS) is 12.5. The Morgan fingerprint density at radius 3 is 2.62 bits per heavy atom. The molecular formula is C8H16O4S. The molecule has 5 heteroatoms. The van der Waals surface area contributed by atoms with Gasteiger partial charge < -0.3 is 9.47 Å². The van der Waals surface area contributed by atoms with Gasteiger partial charge >= 0.3 is 5.97 Å². The molecule has 13 heavy (non-hydrogen) atoms. The molecule has 0 amide bonds. The van der Waals surface area contributed by atoms with Crippen molar-refractivity contribution in [2.24, 2.45) is 0 Å². The fourth-order valence-electron chi connectivity index (χ4n) is 0.709. The molecule has 78 valence electrons. The predicted octanol–water partition coefficient (Wildman–Crippen LogP) is 0.335. The molecule has 0 aliphatic carbocycles. The number of hydrogen-bond donors (Lipinski definition) is 0. The highest BCUT2D eigenvalue weighted by Gasteiger charge is 2.05. The van der Waals surface area contributed by atoms with Gasteiger partial charge in [0.15, 0.2) is 0 Å². The topological polar surface area (TPSA) is 52.6 Å². The molecule has 0 fully saturated rings. The molecule has 0 saturated heterocycles. The highest BCUT2D eigenvalue weighted by atomic mass is 32.2. The first-order valence-electron chi connectivity index (χ1n) is 4.20. The molecule has 0 rings (SSSR count). The Bertz CT molecular complexity index is 170. The van der Waals surface area contributed by atoms with Gasteiger partial charge in [0, 0.05) is 29.4 Å². The summed E-state index contributed by atoms with van der Waals surface area (Å²) in [7, 11) is 0.588. The van der Waals surface area contributed by atoms with Crippen LogP contribution >= 0.6 is 0 Å². The van der Waals surface area contributed by atoms with Gasteiger partial charge in [-0.25, -0.2) is 0 Å². The molecular weight excluding hydrogens is 192 g/mol. The van der Waals surface area contributed by atoms with E-state index in [2.05, 4.69) is 0 Å². The fraction of sp³-hybridized carbons (Fsp3) is 0.875. The fourth-order valence-corrected chi connectivity index (χ4v) is 1.66. The Kier molecular flexibility index (Phi) is 7.93. The van der Waals surface area contributed by atoms with Crippen molar-refractivity contribution < 1.29 is 18.5 Å². The van der Waals surface area contributed by atoms with Gasteiger partial charge in [-0.15, -0.1) is 0 Å². The summed E-state index contributed by atoms with van der Waals surface area (Å²) in [4.78, 5) is 10.8. The van der Waals surface area contributed by atoms with Gasteiger partial charge in [0.05, 0.1) is 19.6 Å². The standard InChI is InChI=1S/C8H16O4S/c1-3-12-8(9)4-6-13(10)7-5-11-2/h3-7H2,1-2H3. The third-order valence-corrected chi connectivity index (χ3v) is 2.64. The average Bonchev–Trinajstić information content (AvgIpc) is 2.12.